The van der Waals surface area contributed by atoms with Crippen LogP contribution in [0.2, 0.25) is 20.1 Å². The number of nitrogens with two attached hydrogens (primary N) is 1. The Hall–Kier alpha value is -8.99. The van der Waals surface area contributed by atoms with Gasteiger partial charge in [0.15, 0.2) is 15.4 Å². The van der Waals surface area contributed by atoms with Gasteiger partial charge in [-0.05, 0) is 242 Å². The molecular formula is C100H106Br2Cl4F8N14O9S3. The fourth-order valence-electron chi connectivity index (χ4n) is 20.7. The van der Waals surface area contributed by atoms with E-state index in [0.29, 0.717) is 155 Å². The summed E-state index contributed by atoms with van der Waals surface area (Å²) < 4.78 is 132. The standard InChI is InChI=1S/C26H27ClF2N4O2S.C25H25ClF2N4O2S.C23H24BrClF2N2O2.C14H18BrFN2O2.C9H8ClFO.C3H4N2S/c1-16-14-25(23(34)35-2,15-20-19(28)6-7-21(31-20)32-24-30-11-13-36-24)10-12-33(16)26(8-9-26)17-4-3-5-18(27)22(17)29;1-15-13-24(22(33)34,14-19-18(27)5-6-20(30-19)31-23-29-10-12-35-23)9-11-32(15)25(7-8-25)16-3-2-4-17(26)21(16)28;1-14-12-22(21(30)31-2,13-18-17(26)6-7-19(24)28-18)10-11-29(14)23(8-9-23)15-4-3-5-16(25)20(15)27;1-9-7-14(5-6-17-9,13(19)20-2)8-11-10(16)3-4-12(15)18-11;10-7-3-1-2-6(8(7)11)9(12)4-5-9;4-3-5-1-2-6-3/h3-7,11,13,16H,8-10,12,14-15H2,1-2H3,(H,30,31,32);2-6,10,12,15H,7-9,11,13-14H2,1H3,(H,33,34)(H,29,30,31);3-7,14H,8-13H2,1-2H3;3-4,9,17H,5-8H2,1-2H3;1-3,12H,4-5H2;1-2H,(H2,4,5). The van der Waals surface area contributed by atoms with E-state index in [1.54, 1.807) is 91.4 Å². The summed E-state index contributed by atoms with van der Waals surface area (Å²) in [6, 6.07) is 31.4. The number of halogens is 14. The number of carbonyl (C=O) groups excluding carboxylic acids is 3. The zero-order valence-electron chi connectivity index (χ0n) is 77.6. The number of rotatable bonds is 23. The molecule has 8 atom stereocenters. The Balaban J connectivity index is 0.000000142. The number of esters is 3. The molecule has 0 bridgehead atoms. The molecule has 19 rings (SSSR count). The van der Waals surface area contributed by atoms with Gasteiger partial charge < -0.3 is 46.1 Å². The average Bonchev–Trinajstić information content (AvgIpc) is 1.57. The number of hydrogen-bond donors (Lipinski definition) is 6. The van der Waals surface area contributed by atoms with Crippen molar-refractivity contribution in [1.29, 1.82) is 0 Å². The molecule has 8 fully saturated rings. The van der Waals surface area contributed by atoms with E-state index in [1.807, 2.05) is 43.8 Å². The third kappa shape index (κ3) is 24.0. The number of aliphatic hydroxyl groups is 1. The molecule has 746 valence electrons. The number of nitrogens with zero attached hydrogens (tertiary/aromatic N) is 10. The molecule has 8 aliphatic rings. The highest BCUT2D eigenvalue weighted by Gasteiger charge is 2.61. The lowest BCUT2D eigenvalue weighted by Crippen LogP contribution is -2.54. The van der Waals surface area contributed by atoms with Gasteiger partial charge in [-0.2, -0.15) is 0 Å². The minimum atomic E-state index is -1.17. The van der Waals surface area contributed by atoms with E-state index in [9.17, 15) is 64.5 Å². The summed E-state index contributed by atoms with van der Waals surface area (Å²) in [5.74, 6) is -4.63. The number of carboxylic acids is 1. The van der Waals surface area contributed by atoms with Gasteiger partial charge in [0.05, 0.1) is 91.5 Å². The Kier molecular flexibility index (Phi) is 34.4. The maximum absolute atomic E-state index is 15.0. The van der Waals surface area contributed by atoms with Gasteiger partial charge in [-0.3, -0.25) is 33.9 Å². The number of methoxy groups -OCH3 is 3. The number of carboxylic acid groups (broad SMARTS) is 1. The molecular weight excluding hydrogens is 2090 g/mol. The Bertz CT molecular complexity index is 6250. The number of aromatic nitrogens is 7. The van der Waals surface area contributed by atoms with E-state index in [1.165, 1.54) is 104 Å². The first-order valence-electron chi connectivity index (χ1n) is 45.7. The van der Waals surface area contributed by atoms with E-state index in [0.717, 1.165) is 38.5 Å². The number of ether oxygens (including phenoxy) is 3. The molecule has 4 aliphatic carbocycles. The van der Waals surface area contributed by atoms with Crippen molar-refractivity contribution in [2.75, 3.05) is 63.9 Å². The van der Waals surface area contributed by atoms with Gasteiger partial charge >= 0.3 is 23.9 Å². The first-order valence-corrected chi connectivity index (χ1v) is 51.4. The minimum absolute atomic E-state index is 0.0295. The van der Waals surface area contributed by atoms with Crippen LogP contribution in [0.15, 0.2) is 165 Å². The van der Waals surface area contributed by atoms with Crippen molar-refractivity contribution in [3.05, 3.63) is 277 Å². The van der Waals surface area contributed by atoms with Crippen LogP contribution in [-0.2, 0) is 81.3 Å². The lowest BCUT2D eigenvalue weighted by molar-refractivity contribution is -0.159. The fraction of sp³-hybridized carbons (Fsp3) is 0.430. The molecule has 4 aromatic carbocycles. The molecule has 11 aromatic rings. The molecule has 8 unspecified atom stereocenters. The van der Waals surface area contributed by atoms with E-state index in [4.69, 9.17) is 66.3 Å². The smallest absolute Gasteiger partial charge is 0.312 e. The predicted molar refractivity (Wildman–Crippen MR) is 532 cm³/mol. The van der Waals surface area contributed by atoms with Crippen LogP contribution < -0.4 is 21.7 Å². The maximum Gasteiger partial charge on any atom is 0.312 e. The second-order valence-electron chi connectivity index (χ2n) is 37.1. The summed E-state index contributed by atoms with van der Waals surface area (Å²) in [6.07, 6.45) is 15.3. The van der Waals surface area contributed by atoms with Crippen LogP contribution >= 0.6 is 112 Å². The quantitative estimate of drug-likeness (QED) is 0.0150. The molecule has 40 heteroatoms. The normalized spacial score (nSPS) is 23.3. The lowest BCUT2D eigenvalue weighted by Gasteiger charge is -2.47. The van der Waals surface area contributed by atoms with E-state index in [-0.39, 0.29) is 122 Å². The third-order valence-corrected chi connectivity index (χ3v) is 32.1. The highest BCUT2D eigenvalue weighted by atomic mass is 79.9. The minimum Gasteiger partial charge on any atom is -0.481 e. The molecule has 0 spiro atoms. The van der Waals surface area contributed by atoms with Crippen LogP contribution in [0, 0.1) is 68.2 Å². The summed E-state index contributed by atoms with van der Waals surface area (Å²) in [5, 5.41) is 37.1. The number of anilines is 5. The highest BCUT2D eigenvalue weighted by Crippen LogP contribution is 2.60. The van der Waals surface area contributed by atoms with Gasteiger partial charge in [-0.15, -0.1) is 34.0 Å². The van der Waals surface area contributed by atoms with Crippen LogP contribution in [0.3, 0.4) is 0 Å². The van der Waals surface area contributed by atoms with Crippen LogP contribution in [-0.4, -0.2) is 155 Å². The molecule has 0 amide bonds. The van der Waals surface area contributed by atoms with Gasteiger partial charge in [-0.25, -0.2) is 70.0 Å². The zero-order valence-corrected chi connectivity index (χ0v) is 86.3. The second-order valence-corrected chi connectivity index (χ2v) is 43.1. The van der Waals surface area contributed by atoms with Crippen molar-refractivity contribution in [1.82, 2.24) is 54.9 Å². The molecule has 0 radical (unpaired) electrons. The number of carbonyl (C=O) groups is 4. The molecule has 7 aromatic heterocycles. The topological polar surface area (TPSA) is 298 Å². The van der Waals surface area contributed by atoms with Gasteiger partial charge in [0.25, 0.3) is 0 Å². The number of piperidine rings is 4. The number of benzene rings is 4. The fourth-order valence-corrected chi connectivity index (χ4v) is 23.6. The lowest BCUT2D eigenvalue weighted by atomic mass is 9.71. The van der Waals surface area contributed by atoms with Gasteiger partial charge in [0.1, 0.15) is 67.4 Å². The third-order valence-electron chi connectivity index (χ3n) is 28.0. The number of pyridine rings is 4. The van der Waals surface area contributed by atoms with Gasteiger partial charge in [-0.1, -0.05) is 94.9 Å². The summed E-state index contributed by atoms with van der Waals surface area (Å²) in [5.41, 5.74) is 2.18. The average molecular weight is 2200 g/mol. The van der Waals surface area contributed by atoms with E-state index >= 15 is 0 Å². The first-order chi connectivity index (χ1) is 66.7. The van der Waals surface area contributed by atoms with Crippen molar-refractivity contribution in [3.8, 4) is 0 Å². The van der Waals surface area contributed by atoms with Gasteiger partial charge in [0.2, 0.25) is 0 Å². The number of hydrogen-bond acceptors (Lipinski definition) is 25. The number of nitrogens with one attached hydrogen (secondary N) is 3. The zero-order chi connectivity index (χ0) is 101. The van der Waals surface area contributed by atoms with Crippen molar-refractivity contribution in [3.63, 3.8) is 0 Å². The predicted octanol–water partition coefficient (Wildman–Crippen LogP) is 23.4. The number of likely N-dealkylation sites (tertiary alicyclic amines) is 3. The molecule has 7 N–H and O–H groups in total. The summed E-state index contributed by atoms with van der Waals surface area (Å²) in [7, 11) is 4.09. The van der Waals surface area contributed by atoms with Crippen LogP contribution in [0.5, 0.6) is 0 Å². The largest absolute Gasteiger partial charge is 0.481 e. The Labute approximate surface area is 855 Å². The Morgan fingerprint density at radius 3 is 1.06 bits per heavy atom. The molecule has 11 heterocycles. The van der Waals surface area contributed by atoms with Crippen molar-refractivity contribution in [2.24, 2.45) is 21.7 Å². The monoisotopic (exact) mass is 2190 g/mol. The van der Waals surface area contributed by atoms with Gasteiger partial charge in [0, 0.05) is 143 Å². The first kappa shape index (κ1) is 107. The van der Waals surface area contributed by atoms with Crippen molar-refractivity contribution >= 4 is 163 Å². The number of thiazole rings is 3. The number of aliphatic carboxylic acids is 1. The summed E-state index contributed by atoms with van der Waals surface area (Å²) >= 11 is 34.5. The SMILES string of the molecule is CC1CC(Cc2nc(Nc3nccs3)ccc2F)(C(=O)O)CCN1C1(c2cccc(Cl)c2F)CC1.COC(=O)C1(Cc2nc(Br)ccc2F)CCN(C2(c3cccc(Cl)c3F)CC2)C(C)C1.COC(=O)C1(Cc2nc(Br)ccc2F)CCNC(C)C1.COC(=O)C1(Cc2nc(Nc3nccs3)ccc2F)CCN(C2(c3cccc(Cl)c3F)CC2)C(C)C1.Nc1nccs1.OC1(c2cccc(Cl)c2F)CC1. The van der Waals surface area contributed by atoms with Crippen LogP contribution in [0.4, 0.5) is 62.2 Å². The Morgan fingerprint density at radius 1 is 0.436 bits per heavy atom. The van der Waals surface area contributed by atoms with E-state index in [2.05, 4.69) is 97.4 Å². The second kappa shape index (κ2) is 45.1. The van der Waals surface area contributed by atoms with Crippen LogP contribution in [0.1, 0.15) is 175 Å². The molecule has 140 heavy (non-hydrogen) atoms. The summed E-state index contributed by atoms with van der Waals surface area (Å²) in [4.78, 5) is 86.9. The Morgan fingerprint density at radius 2 is 0.757 bits per heavy atom. The number of nitrogen functional groups attached to an aromatic ring is 1. The maximum atomic E-state index is 15.0. The van der Waals surface area contributed by atoms with Crippen molar-refractivity contribution in [2.45, 2.75) is 202 Å². The molecule has 4 saturated heterocycles. The van der Waals surface area contributed by atoms with E-state index < -0.39 is 78.9 Å². The summed E-state index contributed by atoms with van der Waals surface area (Å²) in [6.45, 7) is 10.3. The van der Waals surface area contributed by atoms with Crippen molar-refractivity contribution < 1.29 is 78.7 Å². The molecule has 4 saturated carbocycles. The van der Waals surface area contributed by atoms with Crippen LogP contribution in [0.25, 0.3) is 0 Å². The molecule has 23 nitrogen and oxygen atoms in total. The molecule has 4 aliphatic heterocycles. The highest BCUT2D eigenvalue weighted by molar-refractivity contribution is 9.10.